The molecule has 11 heteroatoms. The van der Waals surface area contributed by atoms with Gasteiger partial charge in [0.05, 0.1) is 33.6 Å². The Morgan fingerprint density at radius 1 is 0.900 bits per heavy atom. The molecular formula is C29H31N5O5S. The highest BCUT2D eigenvalue weighted by atomic mass is 32.2. The van der Waals surface area contributed by atoms with Crippen LogP contribution in [0.4, 0.5) is 5.69 Å². The molecule has 4 rings (SSSR count). The van der Waals surface area contributed by atoms with Gasteiger partial charge in [0.15, 0.2) is 22.5 Å². The zero-order valence-electron chi connectivity index (χ0n) is 23.0. The number of nitrogens with zero attached hydrogens (tertiary/aromatic N) is 3. The Balaban J connectivity index is 1.51. The SMILES string of the molecule is COc1cc(C(=O)NCc2nnc(SCC(=O)Nc3cc(C)ccc3C)n2-c2ccccc2)cc(OC)c1OC. The third-order valence-electron chi connectivity index (χ3n) is 6.05. The molecule has 10 nitrogen and oxygen atoms in total. The second-order valence-electron chi connectivity index (χ2n) is 8.82. The van der Waals surface area contributed by atoms with Crippen LogP contribution in [0.1, 0.15) is 27.3 Å². The summed E-state index contributed by atoms with van der Waals surface area (Å²) in [5.74, 6) is 1.27. The number of amides is 2. The van der Waals surface area contributed by atoms with Gasteiger partial charge in [0.1, 0.15) is 0 Å². The van der Waals surface area contributed by atoms with Gasteiger partial charge in [-0.2, -0.15) is 0 Å². The molecule has 3 aromatic carbocycles. The van der Waals surface area contributed by atoms with Crippen LogP contribution in [0.15, 0.2) is 65.8 Å². The number of methoxy groups -OCH3 is 3. The lowest BCUT2D eigenvalue weighted by Crippen LogP contribution is -2.25. The summed E-state index contributed by atoms with van der Waals surface area (Å²) in [5, 5.41) is 15.0. The Morgan fingerprint density at radius 3 is 2.25 bits per heavy atom. The number of hydrogen-bond acceptors (Lipinski definition) is 8. The lowest BCUT2D eigenvalue weighted by atomic mass is 10.1. The molecule has 0 aliphatic carbocycles. The first-order valence-electron chi connectivity index (χ1n) is 12.4. The van der Waals surface area contributed by atoms with Gasteiger partial charge in [0.25, 0.3) is 5.91 Å². The number of hydrogen-bond donors (Lipinski definition) is 2. The maximum Gasteiger partial charge on any atom is 0.251 e. The second kappa shape index (κ2) is 13.0. The Kier molecular flexibility index (Phi) is 9.28. The predicted octanol–water partition coefficient (Wildman–Crippen LogP) is 4.57. The highest BCUT2D eigenvalue weighted by Crippen LogP contribution is 2.38. The first-order valence-corrected chi connectivity index (χ1v) is 13.4. The summed E-state index contributed by atoms with van der Waals surface area (Å²) in [6.45, 7) is 4.02. The van der Waals surface area contributed by atoms with Crippen LogP contribution in [0.3, 0.4) is 0 Å². The summed E-state index contributed by atoms with van der Waals surface area (Å²) in [7, 11) is 4.48. The average molecular weight is 562 g/mol. The molecule has 1 heterocycles. The third kappa shape index (κ3) is 6.55. The summed E-state index contributed by atoms with van der Waals surface area (Å²) >= 11 is 1.26. The average Bonchev–Trinajstić information content (AvgIpc) is 3.39. The van der Waals surface area contributed by atoms with Crippen molar-refractivity contribution in [2.45, 2.75) is 25.5 Å². The molecule has 4 aromatic rings. The van der Waals surface area contributed by atoms with Gasteiger partial charge in [-0.15, -0.1) is 10.2 Å². The van der Waals surface area contributed by atoms with Crippen LogP contribution >= 0.6 is 11.8 Å². The molecular weight excluding hydrogens is 530 g/mol. The van der Waals surface area contributed by atoms with E-state index in [1.165, 1.54) is 33.1 Å². The van der Waals surface area contributed by atoms with E-state index in [0.717, 1.165) is 22.5 Å². The van der Waals surface area contributed by atoms with Crippen molar-refractivity contribution in [3.8, 4) is 22.9 Å². The van der Waals surface area contributed by atoms with Crippen molar-refractivity contribution in [2.75, 3.05) is 32.4 Å². The molecule has 0 saturated carbocycles. The van der Waals surface area contributed by atoms with Crippen LogP contribution in [0.25, 0.3) is 5.69 Å². The normalized spacial score (nSPS) is 10.6. The second-order valence-corrected chi connectivity index (χ2v) is 9.76. The van der Waals surface area contributed by atoms with Gasteiger partial charge >= 0.3 is 0 Å². The first kappa shape index (κ1) is 28.5. The molecule has 0 bridgehead atoms. The number of rotatable bonds is 11. The van der Waals surface area contributed by atoms with E-state index in [-0.39, 0.29) is 24.1 Å². The van der Waals surface area contributed by atoms with Crippen molar-refractivity contribution in [3.63, 3.8) is 0 Å². The van der Waals surface area contributed by atoms with Gasteiger partial charge in [-0.25, -0.2) is 0 Å². The summed E-state index contributed by atoms with van der Waals surface area (Å²) in [5.41, 5.74) is 3.97. The Morgan fingerprint density at radius 2 is 1.60 bits per heavy atom. The van der Waals surface area contributed by atoms with Crippen LogP contribution in [0.2, 0.25) is 0 Å². The standard InChI is InChI=1S/C29H31N5O5S/c1-18-11-12-19(2)22(13-18)31-26(35)17-40-29-33-32-25(34(29)21-9-7-6-8-10-21)16-30-28(36)20-14-23(37-3)27(39-5)24(15-20)38-4/h6-15H,16-17H2,1-5H3,(H,30,36)(H,31,35). The topological polar surface area (TPSA) is 117 Å². The van der Waals surface area contributed by atoms with Crippen molar-refractivity contribution in [2.24, 2.45) is 0 Å². The summed E-state index contributed by atoms with van der Waals surface area (Å²) < 4.78 is 17.9. The maximum atomic E-state index is 13.1. The number of aryl methyl sites for hydroxylation is 2. The van der Waals surface area contributed by atoms with Crippen molar-refractivity contribution in [1.82, 2.24) is 20.1 Å². The first-order chi connectivity index (χ1) is 19.3. The number of thioether (sulfide) groups is 1. The Hall–Kier alpha value is -4.51. The Labute approximate surface area is 237 Å². The van der Waals surface area contributed by atoms with Gasteiger partial charge in [-0.05, 0) is 55.3 Å². The van der Waals surface area contributed by atoms with E-state index >= 15 is 0 Å². The van der Waals surface area contributed by atoms with Crippen LogP contribution in [0.5, 0.6) is 17.2 Å². The fourth-order valence-corrected chi connectivity index (χ4v) is 4.78. The molecule has 2 N–H and O–H groups in total. The molecule has 0 spiro atoms. The van der Waals surface area contributed by atoms with E-state index in [9.17, 15) is 9.59 Å². The van der Waals surface area contributed by atoms with Gasteiger partial charge in [-0.1, -0.05) is 42.1 Å². The fourth-order valence-electron chi connectivity index (χ4n) is 4.01. The van der Waals surface area contributed by atoms with Crippen molar-refractivity contribution >= 4 is 29.3 Å². The lowest BCUT2D eigenvalue weighted by Gasteiger charge is -2.14. The van der Waals surface area contributed by atoms with Gasteiger partial charge < -0.3 is 24.8 Å². The molecule has 2 amide bonds. The number of benzene rings is 3. The molecule has 0 atom stereocenters. The molecule has 0 saturated heterocycles. The number of ether oxygens (including phenoxy) is 3. The maximum absolute atomic E-state index is 13.1. The lowest BCUT2D eigenvalue weighted by molar-refractivity contribution is -0.113. The highest BCUT2D eigenvalue weighted by molar-refractivity contribution is 7.99. The summed E-state index contributed by atoms with van der Waals surface area (Å²) in [6.07, 6.45) is 0. The van der Waals surface area contributed by atoms with Gasteiger partial charge in [0, 0.05) is 16.9 Å². The summed E-state index contributed by atoms with van der Waals surface area (Å²) in [4.78, 5) is 25.8. The van der Waals surface area contributed by atoms with Gasteiger partial charge in [-0.3, -0.25) is 14.2 Å². The predicted molar refractivity (Wildman–Crippen MR) is 154 cm³/mol. The van der Waals surface area contributed by atoms with Crippen LogP contribution in [-0.4, -0.2) is 53.7 Å². The fraction of sp³-hybridized carbons (Fsp3) is 0.241. The number of carbonyl (C=O) groups excluding carboxylic acids is 2. The van der Waals surface area contributed by atoms with E-state index in [2.05, 4.69) is 20.8 Å². The van der Waals surface area contributed by atoms with E-state index in [0.29, 0.717) is 33.8 Å². The largest absolute Gasteiger partial charge is 0.493 e. The summed E-state index contributed by atoms with van der Waals surface area (Å²) in [6, 6.07) is 18.6. The van der Waals surface area contributed by atoms with E-state index in [4.69, 9.17) is 14.2 Å². The number of aromatic nitrogens is 3. The van der Waals surface area contributed by atoms with E-state index in [1.54, 1.807) is 12.1 Å². The van der Waals surface area contributed by atoms with Crippen LogP contribution in [0, 0.1) is 13.8 Å². The zero-order valence-corrected chi connectivity index (χ0v) is 23.8. The molecule has 0 unspecified atom stereocenters. The quantitative estimate of drug-likeness (QED) is 0.256. The molecule has 0 radical (unpaired) electrons. The Bertz CT molecular complexity index is 1480. The monoisotopic (exact) mass is 561 g/mol. The molecule has 0 fully saturated rings. The zero-order chi connectivity index (χ0) is 28.6. The minimum absolute atomic E-state index is 0.0899. The smallest absolute Gasteiger partial charge is 0.251 e. The minimum atomic E-state index is -0.357. The molecule has 40 heavy (non-hydrogen) atoms. The molecule has 1 aromatic heterocycles. The minimum Gasteiger partial charge on any atom is -0.493 e. The van der Waals surface area contributed by atoms with Crippen molar-refractivity contribution in [3.05, 3.63) is 83.2 Å². The van der Waals surface area contributed by atoms with Crippen molar-refractivity contribution in [1.29, 1.82) is 0 Å². The van der Waals surface area contributed by atoms with Crippen LogP contribution in [-0.2, 0) is 11.3 Å². The number of carbonyl (C=O) groups is 2. The van der Waals surface area contributed by atoms with E-state index < -0.39 is 0 Å². The molecule has 208 valence electrons. The molecule has 0 aliphatic heterocycles. The number of nitrogens with one attached hydrogen (secondary N) is 2. The third-order valence-corrected chi connectivity index (χ3v) is 6.98. The van der Waals surface area contributed by atoms with Crippen molar-refractivity contribution < 1.29 is 23.8 Å². The van der Waals surface area contributed by atoms with Crippen LogP contribution < -0.4 is 24.8 Å². The number of anilines is 1. The number of para-hydroxylation sites is 1. The highest BCUT2D eigenvalue weighted by Gasteiger charge is 2.20. The van der Waals surface area contributed by atoms with Gasteiger partial charge in [0.2, 0.25) is 11.7 Å². The molecule has 0 aliphatic rings. The van der Waals surface area contributed by atoms with E-state index in [1.807, 2.05) is 66.9 Å².